The average Bonchev–Trinajstić information content (AvgIpc) is 2.53. The summed E-state index contributed by atoms with van der Waals surface area (Å²) in [6.45, 7) is 6.25. The van der Waals surface area contributed by atoms with Gasteiger partial charge in [-0.3, -0.25) is 4.79 Å². The van der Waals surface area contributed by atoms with E-state index >= 15 is 0 Å². The van der Waals surface area contributed by atoms with Crippen LogP contribution in [0.3, 0.4) is 0 Å². The fourth-order valence-electron chi connectivity index (χ4n) is 2.69. The van der Waals surface area contributed by atoms with Crippen molar-refractivity contribution in [2.45, 2.75) is 44.6 Å². The van der Waals surface area contributed by atoms with E-state index in [1.54, 1.807) is 0 Å². The Bertz CT molecular complexity index is 709. The Kier molecular flexibility index (Phi) is 6.16. The molecule has 1 fully saturated rings. The van der Waals surface area contributed by atoms with E-state index in [4.69, 9.17) is 0 Å². The van der Waals surface area contributed by atoms with Crippen molar-refractivity contribution < 1.29 is 22.0 Å². The number of carbonyl (C=O) groups excluding carboxylic acids is 1. The quantitative estimate of drug-likeness (QED) is 0.861. The number of rotatable bonds is 5. The molecule has 0 bridgehead atoms. The molecule has 0 aromatic heterocycles. The van der Waals surface area contributed by atoms with E-state index in [0.29, 0.717) is 24.8 Å². The molecule has 0 spiro atoms. The number of piperidine rings is 1. The minimum atomic E-state index is -3.97. The van der Waals surface area contributed by atoms with Crippen LogP contribution in [0.2, 0.25) is 0 Å². The lowest BCUT2D eigenvalue weighted by Crippen LogP contribution is -2.45. The second kappa shape index (κ2) is 7.78. The molecule has 1 amide bonds. The molecular formula is C17H24F2N2O3S. The number of carbonyl (C=O) groups is 1. The van der Waals surface area contributed by atoms with Gasteiger partial charge in [-0.15, -0.1) is 0 Å². The van der Waals surface area contributed by atoms with E-state index in [1.165, 1.54) is 4.31 Å². The monoisotopic (exact) mass is 374 g/mol. The zero-order valence-corrected chi connectivity index (χ0v) is 15.4. The van der Waals surface area contributed by atoms with Crippen LogP contribution in [-0.4, -0.2) is 37.8 Å². The summed E-state index contributed by atoms with van der Waals surface area (Å²) < 4.78 is 52.8. The van der Waals surface area contributed by atoms with Gasteiger partial charge < -0.3 is 5.32 Å². The fraction of sp³-hybridized carbons (Fsp3) is 0.588. The van der Waals surface area contributed by atoms with Crippen LogP contribution in [0, 0.1) is 23.5 Å². The number of nitrogens with zero attached hydrogens (tertiary/aromatic N) is 1. The Morgan fingerprint density at radius 2 is 1.64 bits per heavy atom. The Labute approximate surface area is 147 Å². The van der Waals surface area contributed by atoms with E-state index in [2.05, 4.69) is 5.32 Å². The molecule has 0 unspecified atom stereocenters. The van der Waals surface area contributed by atoms with Gasteiger partial charge in [0.15, 0.2) is 0 Å². The molecule has 2 rings (SSSR count). The molecule has 8 heteroatoms. The fourth-order valence-corrected chi connectivity index (χ4v) is 4.21. The maximum Gasteiger partial charge on any atom is 0.243 e. The molecular weight excluding hydrogens is 350 g/mol. The molecule has 1 aliphatic heterocycles. The normalized spacial score (nSPS) is 18.3. The SMILES string of the molecule is CC(C)[C@@H](C)NC(=O)C1CCN(S(=O)(=O)c2cc(F)cc(F)c2)CC1. The Morgan fingerprint density at radius 3 is 2.12 bits per heavy atom. The molecule has 1 heterocycles. The van der Waals surface area contributed by atoms with Crippen LogP contribution in [0.5, 0.6) is 0 Å². The summed E-state index contributed by atoms with van der Waals surface area (Å²) in [4.78, 5) is 11.8. The maximum absolute atomic E-state index is 13.3. The minimum Gasteiger partial charge on any atom is -0.353 e. The Hall–Kier alpha value is -1.54. The number of nitrogens with one attached hydrogen (secondary N) is 1. The highest BCUT2D eigenvalue weighted by Crippen LogP contribution is 2.25. The van der Waals surface area contributed by atoms with Crippen LogP contribution >= 0.6 is 0 Å². The van der Waals surface area contributed by atoms with E-state index < -0.39 is 26.6 Å². The van der Waals surface area contributed by atoms with Crippen LogP contribution in [-0.2, 0) is 14.8 Å². The van der Waals surface area contributed by atoms with Crippen molar-refractivity contribution >= 4 is 15.9 Å². The first kappa shape index (κ1) is 19.8. The van der Waals surface area contributed by atoms with Gasteiger partial charge in [-0.2, -0.15) is 4.31 Å². The Morgan fingerprint density at radius 1 is 1.12 bits per heavy atom. The van der Waals surface area contributed by atoms with Crippen molar-refractivity contribution in [3.63, 3.8) is 0 Å². The summed E-state index contributed by atoms with van der Waals surface area (Å²) in [6.07, 6.45) is 0.765. The van der Waals surface area contributed by atoms with Gasteiger partial charge in [0.05, 0.1) is 4.90 Å². The van der Waals surface area contributed by atoms with Gasteiger partial charge in [0.25, 0.3) is 0 Å². The summed E-state index contributed by atoms with van der Waals surface area (Å²) in [6, 6.07) is 2.29. The molecule has 1 aliphatic rings. The maximum atomic E-state index is 13.3. The standard InChI is InChI=1S/C17H24F2N2O3S/c1-11(2)12(3)20-17(22)13-4-6-21(7-5-13)25(23,24)16-9-14(18)8-15(19)10-16/h8-13H,4-7H2,1-3H3,(H,20,22)/t12-/m1/s1. The molecule has 5 nitrogen and oxygen atoms in total. The predicted octanol–water partition coefficient (Wildman–Crippen LogP) is 2.53. The van der Waals surface area contributed by atoms with Gasteiger partial charge in [-0.05, 0) is 37.8 Å². The topological polar surface area (TPSA) is 66.5 Å². The van der Waals surface area contributed by atoms with Crippen molar-refractivity contribution in [3.8, 4) is 0 Å². The lowest BCUT2D eigenvalue weighted by atomic mass is 9.96. The molecule has 1 N–H and O–H groups in total. The number of amides is 1. The smallest absolute Gasteiger partial charge is 0.243 e. The summed E-state index contributed by atoms with van der Waals surface area (Å²) in [5.41, 5.74) is 0. The van der Waals surface area contributed by atoms with E-state index in [1.807, 2.05) is 20.8 Å². The van der Waals surface area contributed by atoms with Crippen molar-refractivity contribution in [3.05, 3.63) is 29.8 Å². The van der Waals surface area contributed by atoms with Crippen LogP contribution < -0.4 is 5.32 Å². The van der Waals surface area contributed by atoms with Crippen LogP contribution in [0.15, 0.2) is 23.1 Å². The van der Waals surface area contributed by atoms with Crippen molar-refractivity contribution in [1.82, 2.24) is 9.62 Å². The lowest BCUT2D eigenvalue weighted by Gasteiger charge is -2.31. The highest BCUT2D eigenvalue weighted by molar-refractivity contribution is 7.89. The average molecular weight is 374 g/mol. The van der Waals surface area contributed by atoms with Crippen molar-refractivity contribution in [2.24, 2.45) is 11.8 Å². The van der Waals surface area contributed by atoms with E-state index in [0.717, 1.165) is 12.1 Å². The molecule has 0 saturated carbocycles. The van der Waals surface area contributed by atoms with Gasteiger partial charge in [-0.1, -0.05) is 13.8 Å². The first-order valence-electron chi connectivity index (χ1n) is 8.38. The number of halogens is 2. The summed E-state index contributed by atoms with van der Waals surface area (Å²) in [5.74, 6) is -1.88. The summed E-state index contributed by atoms with van der Waals surface area (Å²) in [5, 5.41) is 2.94. The van der Waals surface area contributed by atoms with Crippen LogP contribution in [0.1, 0.15) is 33.6 Å². The number of hydrogen-bond donors (Lipinski definition) is 1. The van der Waals surface area contributed by atoms with Gasteiger partial charge in [0.2, 0.25) is 15.9 Å². The van der Waals surface area contributed by atoms with E-state index in [-0.39, 0.29) is 31.0 Å². The first-order valence-corrected chi connectivity index (χ1v) is 9.82. The molecule has 1 saturated heterocycles. The molecule has 1 aromatic rings. The molecule has 1 aromatic carbocycles. The van der Waals surface area contributed by atoms with E-state index in [9.17, 15) is 22.0 Å². The molecule has 1 atom stereocenters. The van der Waals surface area contributed by atoms with Gasteiger partial charge in [-0.25, -0.2) is 17.2 Å². The minimum absolute atomic E-state index is 0.0459. The number of sulfonamides is 1. The largest absolute Gasteiger partial charge is 0.353 e. The molecule has 0 aliphatic carbocycles. The zero-order chi connectivity index (χ0) is 18.8. The third-order valence-corrected chi connectivity index (χ3v) is 6.54. The predicted molar refractivity (Wildman–Crippen MR) is 90.3 cm³/mol. The lowest BCUT2D eigenvalue weighted by molar-refractivity contribution is -0.127. The first-order chi connectivity index (χ1) is 11.6. The number of benzene rings is 1. The molecule has 140 valence electrons. The summed E-state index contributed by atoms with van der Waals surface area (Å²) >= 11 is 0. The third kappa shape index (κ3) is 4.76. The zero-order valence-electron chi connectivity index (χ0n) is 14.6. The van der Waals surface area contributed by atoms with Crippen molar-refractivity contribution in [1.29, 1.82) is 0 Å². The van der Waals surface area contributed by atoms with Gasteiger partial charge >= 0.3 is 0 Å². The summed E-state index contributed by atoms with van der Waals surface area (Å²) in [7, 11) is -3.97. The highest BCUT2D eigenvalue weighted by Gasteiger charge is 2.33. The molecule has 0 radical (unpaired) electrons. The van der Waals surface area contributed by atoms with Crippen LogP contribution in [0.4, 0.5) is 8.78 Å². The second-order valence-corrected chi connectivity index (χ2v) is 8.76. The Balaban J connectivity index is 2.02. The highest BCUT2D eigenvalue weighted by atomic mass is 32.2. The second-order valence-electron chi connectivity index (χ2n) is 6.82. The number of hydrogen-bond acceptors (Lipinski definition) is 3. The van der Waals surface area contributed by atoms with Gasteiger partial charge in [0.1, 0.15) is 11.6 Å². The third-order valence-electron chi connectivity index (χ3n) is 4.67. The molecule has 25 heavy (non-hydrogen) atoms. The van der Waals surface area contributed by atoms with Crippen LogP contribution in [0.25, 0.3) is 0 Å². The van der Waals surface area contributed by atoms with Gasteiger partial charge in [0, 0.05) is 31.1 Å². The van der Waals surface area contributed by atoms with Crippen molar-refractivity contribution in [2.75, 3.05) is 13.1 Å².